The molecule has 0 aromatic heterocycles. The van der Waals surface area contributed by atoms with Gasteiger partial charge in [0.15, 0.2) is 12.4 Å². The predicted molar refractivity (Wildman–Crippen MR) is 73.2 cm³/mol. The second-order valence-corrected chi connectivity index (χ2v) is 5.14. The van der Waals surface area contributed by atoms with Gasteiger partial charge in [-0.2, -0.15) is 0 Å². The third-order valence-electron chi connectivity index (χ3n) is 2.35. The Morgan fingerprint density at radius 3 is 2.63 bits per heavy atom. The van der Waals surface area contributed by atoms with E-state index in [9.17, 15) is 9.59 Å². The van der Waals surface area contributed by atoms with Crippen molar-refractivity contribution in [3.05, 3.63) is 29.8 Å². The molecule has 0 radical (unpaired) electrons. The van der Waals surface area contributed by atoms with Crippen molar-refractivity contribution in [2.45, 2.75) is 26.3 Å². The average Bonchev–Trinajstić information content (AvgIpc) is 2.33. The number of rotatable bonds is 6. The van der Waals surface area contributed by atoms with Crippen molar-refractivity contribution < 1.29 is 14.3 Å². The first-order valence-electron chi connectivity index (χ1n) is 6.07. The molecule has 0 fully saturated rings. The lowest BCUT2D eigenvalue weighted by atomic mass is 10.1. The molecule has 19 heavy (non-hydrogen) atoms. The SMILES string of the molecule is CC(=O)c1cccc(OCC(=O)NCC(C)(C)N)c1. The Hall–Kier alpha value is -1.88. The zero-order chi connectivity index (χ0) is 14.5. The average molecular weight is 264 g/mol. The van der Waals surface area contributed by atoms with Gasteiger partial charge in [-0.15, -0.1) is 0 Å². The maximum atomic E-state index is 11.5. The lowest BCUT2D eigenvalue weighted by Gasteiger charge is -2.18. The van der Waals surface area contributed by atoms with Gasteiger partial charge in [0.25, 0.3) is 5.91 Å². The maximum absolute atomic E-state index is 11.5. The van der Waals surface area contributed by atoms with Gasteiger partial charge in [-0.3, -0.25) is 9.59 Å². The normalized spacial score (nSPS) is 10.9. The fourth-order valence-corrected chi connectivity index (χ4v) is 1.33. The highest BCUT2D eigenvalue weighted by molar-refractivity contribution is 5.94. The minimum atomic E-state index is -0.454. The zero-order valence-electron chi connectivity index (χ0n) is 11.5. The number of nitrogens with one attached hydrogen (secondary N) is 1. The largest absolute Gasteiger partial charge is 0.484 e. The molecule has 0 aliphatic rings. The van der Waals surface area contributed by atoms with Crippen LogP contribution in [0.3, 0.4) is 0 Å². The molecule has 5 heteroatoms. The highest BCUT2D eigenvalue weighted by Gasteiger charge is 2.12. The summed E-state index contributed by atoms with van der Waals surface area (Å²) in [6, 6.07) is 6.73. The molecule has 0 atom stereocenters. The highest BCUT2D eigenvalue weighted by Crippen LogP contribution is 2.13. The number of benzene rings is 1. The summed E-state index contributed by atoms with van der Waals surface area (Å²) in [7, 11) is 0. The van der Waals surface area contributed by atoms with Gasteiger partial charge in [0.1, 0.15) is 5.75 Å². The predicted octanol–water partition coefficient (Wildman–Crippen LogP) is 1.12. The maximum Gasteiger partial charge on any atom is 0.258 e. The molecule has 3 N–H and O–H groups in total. The Morgan fingerprint density at radius 1 is 1.37 bits per heavy atom. The molecular weight excluding hydrogens is 244 g/mol. The third kappa shape index (κ3) is 6.01. The molecule has 0 saturated carbocycles. The minimum absolute atomic E-state index is 0.0419. The molecule has 1 aromatic rings. The lowest BCUT2D eigenvalue weighted by molar-refractivity contribution is -0.123. The van der Waals surface area contributed by atoms with E-state index in [1.54, 1.807) is 24.3 Å². The second kappa shape index (κ2) is 6.33. The molecule has 1 amide bonds. The van der Waals surface area contributed by atoms with Crippen molar-refractivity contribution >= 4 is 11.7 Å². The Kier molecular flexibility index (Phi) is 5.06. The molecule has 104 valence electrons. The van der Waals surface area contributed by atoms with E-state index in [0.717, 1.165) is 0 Å². The van der Waals surface area contributed by atoms with Crippen molar-refractivity contribution in [3.63, 3.8) is 0 Å². The Balaban J connectivity index is 2.46. The molecule has 0 bridgehead atoms. The third-order valence-corrected chi connectivity index (χ3v) is 2.35. The van der Waals surface area contributed by atoms with Crippen molar-refractivity contribution in [2.75, 3.05) is 13.2 Å². The molecule has 0 spiro atoms. The number of Topliss-reactive ketones (excluding diaryl/α,β-unsaturated/α-hetero) is 1. The van der Waals surface area contributed by atoms with Gasteiger partial charge in [0.2, 0.25) is 0 Å². The summed E-state index contributed by atoms with van der Waals surface area (Å²) in [6.45, 7) is 5.41. The topological polar surface area (TPSA) is 81.4 Å². The van der Waals surface area contributed by atoms with Crippen LogP contribution in [-0.2, 0) is 4.79 Å². The van der Waals surface area contributed by atoms with Gasteiger partial charge in [-0.05, 0) is 32.9 Å². The van der Waals surface area contributed by atoms with Crippen LogP contribution in [0.15, 0.2) is 24.3 Å². The highest BCUT2D eigenvalue weighted by atomic mass is 16.5. The van der Waals surface area contributed by atoms with Crippen LogP contribution in [0.5, 0.6) is 5.75 Å². The van der Waals surface area contributed by atoms with E-state index in [-0.39, 0.29) is 18.3 Å². The van der Waals surface area contributed by atoms with Gasteiger partial charge < -0.3 is 15.8 Å². The van der Waals surface area contributed by atoms with Gasteiger partial charge in [-0.25, -0.2) is 0 Å². The van der Waals surface area contributed by atoms with Crippen LogP contribution in [-0.4, -0.2) is 30.4 Å². The summed E-state index contributed by atoms with van der Waals surface area (Å²) in [4.78, 5) is 22.7. The van der Waals surface area contributed by atoms with E-state index in [1.165, 1.54) is 6.92 Å². The number of hydrogen-bond donors (Lipinski definition) is 2. The van der Waals surface area contributed by atoms with Crippen molar-refractivity contribution in [3.8, 4) is 5.75 Å². The van der Waals surface area contributed by atoms with Crippen molar-refractivity contribution in [1.82, 2.24) is 5.32 Å². The van der Waals surface area contributed by atoms with E-state index in [0.29, 0.717) is 17.9 Å². The molecule has 0 heterocycles. The number of carbonyl (C=O) groups is 2. The summed E-state index contributed by atoms with van der Waals surface area (Å²) in [5, 5.41) is 2.67. The lowest BCUT2D eigenvalue weighted by Crippen LogP contribution is -2.46. The van der Waals surface area contributed by atoms with E-state index in [2.05, 4.69) is 5.32 Å². The van der Waals surface area contributed by atoms with Crippen LogP contribution in [0.1, 0.15) is 31.1 Å². The summed E-state index contributed by atoms with van der Waals surface area (Å²) >= 11 is 0. The standard InChI is InChI=1S/C14H20N2O3/c1-10(17)11-5-4-6-12(7-11)19-8-13(18)16-9-14(2,3)15/h4-7H,8-9,15H2,1-3H3,(H,16,18). The van der Waals surface area contributed by atoms with Crippen LogP contribution in [0.4, 0.5) is 0 Å². The second-order valence-electron chi connectivity index (χ2n) is 5.14. The molecule has 0 aliphatic heterocycles. The number of hydrogen-bond acceptors (Lipinski definition) is 4. The smallest absolute Gasteiger partial charge is 0.258 e. The van der Waals surface area contributed by atoms with E-state index in [1.807, 2.05) is 13.8 Å². The first-order chi connectivity index (χ1) is 8.78. The number of ether oxygens (including phenoxy) is 1. The monoisotopic (exact) mass is 264 g/mol. The van der Waals surface area contributed by atoms with Crippen LogP contribution in [0.2, 0.25) is 0 Å². The van der Waals surface area contributed by atoms with Gasteiger partial charge in [-0.1, -0.05) is 12.1 Å². The molecule has 1 rings (SSSR count). The quantitative estimate of drug-likeness (QED) is 0.754. The van der Waals surface area contributed by atoms with Gasteiger partial charge >= 0.3 is 0 Å². The van der Waals surface area contributed by atoms with Crippen LogP contribution < -0.4 is 15.8 Å². The Labute approximate surface area is 113 Å². The van der Waals surface area contributed by atoms with Crippen molar-refractivity contribution in [2.24, 2.45) is 5.73 Å². The molecule has 0 aliphatic carbocycles. The van der Waals surface area contributed by atoms with E-state index in [4.69, 9.17) is 10.5 Å². The first-order valence-corrected chi connectivity index (χ1v) is 6.07. The number of amides is 1. The van der Waals surface area contributed by atoms with Crippen LogP contribution >= 0.6 is 0 Å². The zero-order valence-corrected chi connectivity index (χ0v) is 11.5. The minimum Gasteiger partial charge on any atom is -0.484 e. The first kappa shape index (κ1) is 15.2. The summed E-state index contributed by atoms with van der Waals surface area (Å²) in [6.07, 6.45) is 0. The Morgan fingerprint density at radius 2 is 2.05 bits per heavy atom. The Bertz CT molecular complexity index is 464. The van der Waals surface area contributed by atoms with Crippen LogP contribution in [0, 0.1) is 0 Å². The number of carbonyl (C=O) groups excluding carboxylic acids is 2. The van der Waals surface area contributed by atoms with E-state index >= 15 is 0 Å². The fourth-order valence-electron chi connectivity index (χ4n) is 1.33. The molecule has 5 nitrogen and oxygen atoms in total. The molecule has 0 unspecified atom stereocenters. The van der Waals surface area contributed by atoms with Crippen molar-refractivity contribution in [1.29, 1.82) is 0 Å². The van der Waals surface area contributed by atoms with E-state index < -0.39 is 5.54 Å². The van der Waals surface area contributed by atoms with Gasteiger partial charge in [0.05, 0.1) is 0 Å². The molecular formula is C14H20N2O3. The van der Waals surface area contributed by atoms with Crippen LogP contribution in [0.25, 0.3) is 0 Å². The van der Waals surface area contributed by atoms with Gasteiger partial charge in [0, 0.05) is 17.6 Å². The molecule has 0 saturated heterocycles. The summed E-state index contributed by atoms with van der Waals surface area (Å²) < 4.78 is 5.32. The number of nitrogens with two attached hydrogens (primary N) is 1. The summed E-state index contributed by atoms with van der Waals surface area (Å²) in [5.41, 5.74) is 5.85. The molecule has 1 aromatic carbocycles. The number of ketones is 1. The summed E-state index contributed by atoms with van der Waals surface area (Å²) in [5.74, 6) is 0.210. The fraction of sp³-hybridized carbons (Fsp3) is 0.429.